The van der Waals surface area contributed by atoms with Crippen LogP contribution in [0.25, 0.3) is 6.08 Å². The molecule has 1 heterocycles. The van der Waals surface area contributed by atoms with Gasteiger partial charge in [-0.2, -0.15) is 26.3 Å². The fourth-order valence-electron chi connectivity index (χ4n) is 6.35. The minimum absolute atomic E-state index is 0.0175. The number of fused-ring (bicyclic) bond motifs is 1. The molecule has 1 aliphatic heterocycles. The molecule has 46 heavy (non-hydrogen) atoms. The topological polar surface area (TPSA) is 118 Å². The van der Waals surface area contributed by atoms with Gasteiger partial charge in [0.2, 0.25) is 11.8 Å². The van der Waals surface area contributed by atoms with Gasteiger partial charge in [-0.1, -0.05) is 36.6 Å². The molecule has 4 N–H and O–H groups in total. The number of hydrogen-bond acceptors (Lipinski definition) is 6. The molecule has 0 bridgehead atoms. The van der Waals surface area contributed by atoms with Crippen molar-refractivity contribution < 1.29 is 56.4 Å². The van der Waals surface area contributed by atoms with E-state index in [-0.39, 0.29) is 52.8 Å². The van der Waals surface area contributed by atoms with Crippen LogP contribution in [-0.4, -0.2) is 51.6 Å². The van der Waals surface area contributed by atoms with Crippen LogP contribution < -0.4 is 4.90 Å². The second kappa shape index (κ2) is 13.8. The maximum Gasteiger partial charge on any atom is 0.416 e. The summed E-state index contributed by atoms with van der Waals surface area (Å²) in [6.07, 6.45) is -8.52. The molecular formula is C32H32ClF6NO6. The third-order valence-electron chi connectivity index (χ3n) is 8.41. The van der Waals surface area contributed by atoms with Crippen LogP contribution in [0, 0.1) is 17.8 Å². The molecule has 0 aromatic heterocycles. The Morgan fingerprint density at radius 3 is 2.15 bits per heavy atom. The molecule has 1 aliphatic carbocycles. The SMILES string of the molecule is CCC/C(=C\c1ccc(O)cc1Cl)CC[C@@H](O)C1=C(CO)C[C@H]2C(=O)N(c3cc(C(F)(F)F)cc(C(F)(F)F)c3)C(=O)[C@H]2[C@H]1CO. The van der Waals surface area contributed by atoms with E-state index >= 15 is 0 Å². The predicted molar refractivity (Wildman–Crippen MR) is 156 cm³/mol. The Balaban J connectivity index is 1.66. The van der Waals surface area contributed by atoms with E-state index in [4.69, 9.17) is 11.6 Å². The Hall–Kier alpha value is -3.39. The van der Waals surface area contributed by atoms with Crippen LogP contribution in [0.4, 0.5) is 32.0 Å². The first kappa shape index (κ1) is 35.5. The Bertz CT molecular complexity index is 1520. The number of alkyl halides is 6. The Labute approximate surface area is 265 Å². The summed E-state index contributed by atoms with van der Waals surface area (Å²) in [5.74, 6) is -6.14. The van der Waals surface area contributed by atoms with E-state index < -0.39 is 78.1 Å². The number of carbonyl (C=O) groups excluding carboxylic acids is 2. The number of rotatable bonds is 10. The highest BCUT2D eigenvalue weighted by atomic mass is 35.5. The largest absolute Gasteiger partial charge is 0.508 e. The maximum absolute atomic E-state index is 13.6. The molecule has 2 amide bonds. The fourth-order valence-corrected chi connectivity index (χ4v) is 6.58. The smallest absolute Gasteiger partial charge is 0.416 e. The van der Waals surface area contributed by atoms with Gasteiger partial charge >= 0.3 is 12.4 Å². The molecule has 0 radical (unpaired) electrons. The lowest BCUT2D eigenvalue weighted by Gasteiger charge is -2.36. The standard InChI is InChI=1S/C32H32ClF6NO6/c1-2-3-16(8-17-5-6-22(43)13-25(17)33)4-7-26(44)27-18(14-41)9-23-28(24(27)15-42)30(46)40(29(23)45)21-11-19(31(34,35)36)10-20(12-21)32(37,38)39/h5-6,8,10-13,23-24,26,28,41-44H,2-4,7,9,14-15H2,1H3/b16-8+/t23-,24+,26-,28-/m1/s1. The van der Waals surface area contributed by atoms with Crippen LogP contribution in [0.1, 0.15) is 55.7 Å². The van der Waals surface area contributed by atoms with Gasteiger partial charge in [-0.25, -0.2) is 4.90 Å². The van der Waals surface area contributed by atoms with Gasteiger partial charge < -0.3 is 20.4 Å². The molecule has 4 rings (SSSR count). The van der Waals surface area contributed by atoms with Gasteiger partial charge in [-0.05, 0) is 78.8 Å². The van der Waals surface area contributed by atoms with Gasteiger partial charge in [-0.3, -0.25) is 9.59 Å². The first-order valence-electron chi connectivity index (χ1n) is 14.5. The number of imide groups is 1. The van der Waals surface area contributed by atoms with Crippen LogP contribution in [0.3, 0.4) is 0 Å². The summed E-state index contributed by atoms with van der Waals surface area (Å²) in [5, 5.41) is 41.8. The molecule has 4 atom stereocenters. The van der Waals surface area contributed by atoms with E-state index in [0.717, 1.165) is 12.0 Å². The molecular weight excluding hydrogens is 644 g/mol. The van der Waals surface area contributed by atoms with Crippen molar-refractivity contribution in [2.24, 2.45) is 17.8 Å². The Kier molecular flexibility index (Phi) is 10.6. The van der Waals surface area contributed by atoms with Gasteiger partial charge in [0.15, 0.2) is 0 Å². The van der Waals surface area contributed by atoms with Gasteiger partial charge in [0.25, 0.3) is 0 Å². The minimum Gasteiger partial charge on any atom is -0.508 e. The second-order valence-electron chi connectivity index (χ2n) is 11.4. The number of phenols is 1. The zero-order valence-corrected chi connectivity index (χ0v) is 25.3. The van der Waals surface area contributed by atoms with E-state index in [2.05, 4.69) is 0 Å². The van der Waals surface area contributed by atoms with Crippen molar-refractivity contribution in [3.8, 4) is 5.75 Å². The second-order valence-corrected chi connectivity index (χ2v) is 11.8. The lowest BCUT2D eigenvalue weighted by Crippen LogP contribution is -2.39. The number of aliphatic hydroxyl groups excluding tert-OH is 3. The van der Waals surface area contributed by atoms with Crippen molar-refractivity contribution in [1.29, 1.82) is 0 Å². The first-order chi connectivity index (χ1) is 21.5. The molecule has 0 unspecified atom stereocenters. The summed E-state index contributed by atoms with van der Waals surface area (Å²) in [4.78, 5) is 27.4. The highest BCUT2D eigenvalue weighted by Crippen LogP contribution is 2.48. The normalized spacial score (nSPS) is 21.7. The van der Waals surface area contributed by atoms with Crippen molar-refractivity contribution in [3.05, 3.63) is 74.8 Å². The quantitative estimate of drug-likeness (QED) is 0.130. The number of benzene rings is 2. The van der Waals surface area contributed by atoms with Crippen molar-refractivity contribution >= 4 is 35.2 Å². The Morgan fingerprint density at radius 2 is 1.63 bits per heavy atom. The van der Waals surface area contributed by atoms with Gasteiger partial charge in [-0.15, -0.1) is 0 Å². The van der Waals surface area contributed by atoms with Crippen LogP contribution in [0.15, 0.2) is 53.1 Å². The zero-order chi connectivity index (χ0) is 34.1. The van der Waals surface area contributed by atoms with Crippen LogP contribution in [-0.2, 0) is 21.9 Å². The molecule has 250 valence electrons. The van der Waals surface area contributed by atoms with E-state index in [9.17, 15) is 56.4 Å². The van der Waals surface area contributed by atoms with Gasteiger partial charge in [0, 0.05) is 5.92 Å². The average Bonchev–Trinajstić information content (AvgIpc) is 3.23. The van der Waals surface area contributed by atoms with E-state index in [1.807, 2.05) is 6.92 Å². The lowest BCUT2D eigenvalue weighted by atomic mass is 9.68. The molecule has 1 saturated heterocycles. The number of amides is 2. The number of allylic oxidation sites excluding steroid dienone is 1. The van der Waals surface area contributed by atoms with E-state index in [1.54, 1.807) is 12.1 Å². The van der Waals surface area contributed by atoms with Crippen LogP contribution in [0.2, 0.25) is 5.02 Å². The molecule has 2 aromatic rings. The predicted octanol–water partition coefficient (Wildman–Crippen LogP) is 6.51. The number of nitrogens with zero attached hydrogens (tertiary/aromatic N) is 1. The lowest BCUT2D eigenvalue weighted by molar-refractivity contribution is -0.143. The molecule has 0 saturated carbocycles. The van der Waals surface area contributed by atoms with E-state index in [0.29, 0.717) is 23.4 Å². The average molecular weight is 676 g/mol. The maximum atomic E-state index is 13.6. The summed E-state index contributed by atoms with van der Waals surface area (Å²) in [6, 6.07) is 4.92. The summed E-state index contributed by atoms with van der Waals surface area (Å²) in [6.45, 7) is 0.478. The number of phenolic OH excluding ortho intramolecular Hbond substituents is 1. The third kappa shape index (κ3) is 7.27. The van der Waals surface area contributed by atoms with Crippen molar-refractivity contribution in [1.82, 2.24) is 0 Å². The summed E-state index contributed by atoms with van der Waals surface area (Å²) >= 11 is 6.24. The molecule has 7 nitrogen and oxygen atoms in total. The molecule has 0 spiro atoms. The van der Waals surface area contributed by atoms with Gasteiger partial charge in [0.1, 0.15) is 5.75 Å². The van der Waals surface area contributed by atoms with Crippen LogP contribution in [0.5, 0.6) is 5.75 Å². The molecule has 2 aliphatic rings. The zero-order valence-electron chi connectivity index (χ0n) is 24.5. The number of carbonyl (C=O) groups is 2. The molecule has 14 heteroatoms. The van der Waals surface area contributed by atoms with Crippen LogP contribution >= 0.6 is 11.6 Å². The third-order valence-corrected chi connectivity index (χ3v) is 8.74. The summed E-state index contributed by atoms with van der Waals surface area (Å²) in [7, 11) is 0. The Morgan fingerprint density at radius 1 is 1.00 bits per heavy atom. The number of hydrogen-bond donors (Lipinski definition) is 4. The summed E-state index contributed by atoms with van der Waals surface area (Å²) in [5.41, 5.74) is -2.58. The summed E-state index contributed by atoms with van der Waals surface area (Å²) < 4.78 is 81.2. The minimum atomic E-state index is -5.22. The highest BCUT2D eigenvalue weighted by Gasteiger charge is 2.55. The molecule has 2 aromatic carbocycles. The van der Waals surface area contributed by atoms with E-state index in [1.165, 1.54) is 12.1 Å². The number of aliphatic hydroxyl groups is 3. The first-order valence-corrected chi connectivity index (χ1v) is 14.9. The number of anilines is 1. The number of halogens is 7. The van der Waals surface area contributed by atoms with Gasteiger partial charge in [0.05, 0.1) is 53.0 Å². The van der Waals surface area contributed by atoms with Crippen molar-refractivity contribution in [3.63, 3.8) is 0 Å². The van der Waals surface area contributed by atoms with Crippen molar-refractivity contribution in [2.45, 2.75) is 57.5 Å². The molecule has 1 fully saturated rings. The number of aromatic hydroxyl groups is 1. The van der Waals surface area contributed by atoms with Crippen molar-refractivity contribution in [2.75, 3.05) is 18.1 Å². The fraction of sp³-hybridized carbons (Fsp3) is 0.438. The highest BCUT2D eigenvalue weighted by molar-refractivity contribution is 6.32. The monoisotopic (exact) mass is 675 g/mol.